The van der Waals surface area contributed by atoms with Crippen molar-refractivity contribution >= 4 is 33.3 Å². The van der Waals surface area contributed by atoms with E-state index < -0.39 is 5.82 Å². The molecule has 21 heavy (non-hydrogen) atoms. The van der Waals surface area contributed by atoms with Crippen LogP contribution in [0.3, 0.4) is 0 Å². The molecule has 0 unspecified atom stereocenters. The zero-order chi connectivity index (χ0) is 15.4. The lowest BCUT2D eigenvalue weighted by atomic mass is 10.1. The molecular formula is C15H15BrFN3O. The summed E-state index contributed by atoms with van der Waals surface area (Å²) in [5, 5.41) is 5.47. The van der Waals surface area contributed by atoms with Gasteiger partial charge in [-0.05, 0) is 36.8 Å². The van der Waals surface area contributed by atoms with E-state index >= 15 is 0 Å². The first-order chi connectivity index (χ1) is 10.0. The number of amides is 1. The maximum atomic E-state index is 13.7. The monoisotopic (exact) mass is 351 g/mol. The molecule has 1 amide bonds. The van der Waals surface area contributed by atoms with Crippen LogP contribution in [-0.4, -0.2) is 17.9 Å². The highest BCUT2D eigenvalue weighted by Crippen LogP contribution is 2.20. The third-order valence-corrected chi connectivity index (χ3v) is 3.43. The molecule has 1 heterocycles. The first kappa shape index (κ1) is 15.4. The van der Waals surface area contributed by atoms with Crippen molar-refractivity contribution in [2.24, 2.45) is 0 Å². The summed E-state index contributed by atoms with van der Waals surface area (Å²) in [6.45, 7) is 1.96. The summed E-state index contributed by atoms with van der Waals surface area (Å²) in [4.78, 5) is 16.6. The molecule has 0 aliphatic rings. The van der Waals surface area contributed by atoms with E-state index in [1.54, 1.807) is 25.2 Å². The van der Waals surface area contributed by atoms with Gasteiger partial charge in [0.15, 0.2) is 0 Å². The van der Waals surface area contributed by atoms with Gasteiger partial charge in [0, 0.05) is 22.8 Å². The summed E-state index contributed by atoms with van der Waals surface area (Å²) in [5.41, 5.74) is 1.38. The number of carbonyl (C=O) groups is 1. The largest absolute Gasteiger partial charge is 0.373 e. The van der Waals surface area contributed by atoms with Crippen LogP contribution < -0.4 is 10.6 Å². The molecule has 110 valence electrons. The summed E-state index contributed by atoms with van der Waals surface area (Å²) in [6.07, 6.45) is 0.711. The van der Waals surface area contributed by atoms with Gasteiger partial charge in [0.05, 0.1) is 5.69 Å². The molecule has 0 spiro atoms. The van der Waals surface area contributed by atoms with Crippen molar-refractivity contribution < 1.29 is 9.18 Å². The molecule has 1 aromatic heterocycles. The summed E-state index contributed by atoms with van der Waals surface area (Å²) < 4.78 is 14.4. The lowest BCUT2D eigenvalue weighted by Crippen LogP contribution is -2.14. The van der Waals surface area contributed by atoms with Crippen LogP contribution in [0.4, 0.5) is 15.9 Å². The number of benzene rings is 1. The van der Waals surface area contributed by atoms with E-state index in [0.29, 0.717) is 22.3 Å². The number of hydrogen-bond donors (Lipinski definition) is 2. The highest BCUT2D eigenvalue weighted by Gasteiger charge is 2.12. The Bertz CT molecular complexity index is 654. The Labute approximate surface area is 130 Å². The van der Waals surface area contributed by atoms with Crippen molar-refractivity contribution in [2.45, 2.75) is 13.3 Å². The van der Waals surface area contributed by atoms with E-state index in [1.807, 2.05) is 6.92 Å². The minimum absolute atomic E-state index is 0.143. The zero-order valence-corrected chi connectivity index (χ0v) is 13.3. The Morgan fingerprint density at radius 1 is 1.33 bits per heavy atom. The zero-order valence-electron chi connectivity index (χ0n) is 11.7. The van der Waals surface area contributed by atoms with Crippen LogP contribution in [-0.2, 0) is 6.42 Å². The normalized spacial score (nSPS) is 10.3. The van der Waals surface area contributed by atoms with E-state index in [0.717, 1.165) is 5.69 Å². The lowest BCUT2D eigenvalue weighted by molar-refractivity contribution is 0.102. The molecule has 1 aromatic carbocycles. The van der Waals surface area contributed by atoms with E-state index in [4.69, 9.17) is 0 Å². The molecule has 0 aliphatic heterocycles. The molecule has 2 N–H and O–H groups in total. The number of halogens is 2. The van der Waals surface area contributed by atoms with E-state index in [-0.39, 0.29) is 11.6 Å². The smallest absolute Gasteiger partial charge is 0.255 e. The second-order valence-corrected chi connectivity index (χ2v) is 5.33. The standard InChI is InChI=1S/C15H15BrFN3O/c1-3-11-6-9(7-14(18-2)19-11)15(21)20-13-5-4-10(16)8-12(13)17/h4-8H,3H2,1-2H3,(H,18,19)(H,20,21). The molecule has 2 rings (SSSR count). The van der Waals surface area contributed by atoms with Gasteiger partial charge in [0.25, 0.3) is 5.91 Å². The average molecular weight is 352 g/mol. The molecule has 0 saturated carbocycles. The average Bonchev–Trinajstić information content (AvgIpc) is 2.49. The van der Waals surface area contributed by atoms with Crippen molar-refractivity contribution in [3.05, 3.63) is 51.9 Å². The fourth-order valence-electron chi connectivity index (χ4n) is 1.81. The van der Waals surface area contributed by atoms with E-state index in [1.165, 1.54) is 12.1 Å². The van der Waals surface area contributed by atoms with Gasteiger partial charge in [0.1, 0.15) is 11.6 Å². The molecule has 2 aromatic rings. The second-order valence-electron chi connectivity index (χ2n) is 4.41. The van der Waals surface area contributed by atoms with Gasteiger partial charge in [-0.15, -0.1) is 0 Å². The molecule has 4 nitrogen and oxygen atoms in total. The van der Waals surface area contributed by atoms with Crippen LogP contribution in [0.15, 0.2) is 34.8 Å². The number of carbonyl (C=O) groups excluding carboxylic acids is 1. The van der Waals surface area contributed by atoms with Gasteiger partial charge < -0.3 is 10.6 Å². The fourth-order valence-corrected chi connectivity index (χ4v) is 2.15. The SMILES string of the molecule is CCc1cc(C(=O)Nc2ccc(Br)cc2F)cc(NC)n1. The van der Waals surface area contributed by atoms with Crippen molar-refractivity contribution in [1.82, 2.24) is 4.98 Å². The van der Waals surface area contributed by atoms with Crippen molar-refractivity contribution in [2.75, 3.05) is 17.7 Å². The van der Waals surface area contributed by atoms with Crippen molar-refractivity contribution in [1.29, 1.82) is 0 Å². The number of nitrogens with one attached hydrogen (secondary N) is 2. The molecule has 0 atom stereocenters. The Morgan fingerprint density at radius 2 is 2.10 bits per heavy atom. The van der Waals surface area contributed by atoms with Gasteiger partial charge in [-0.3, -0.25) is 4.79 Å². The summed E-state index contributed by atoms with van der Waals surface area (Å²) in [6, 6.07) is 7.82. The number of aromatic nitrogens is 1. The minimum Gasteiger partial charge on any atom is -0.373 e. The van der Waals surface area contributed by atoms with E-state index in [9.17, 15) is 9.18 Å². The number of rotatable bonds is 4. The lowest BCUT2D eigenvalue weighted by Gasteiger charge is -2.09. The number of nitrogens with zero attached hydrogens (tertiary/aromatic N) is 1. The molecule has 6 heteroatoms. The van der Waals surface area contributed by atoms with Crippen LogP contribution >= 0.6 is 15.9 Å². The predicted octanol–water partition coefficient (Wildman–Crippen LogP) is 3.84. The molecule has 0 fully saturated rings. The van der Waals surface area contributed by atoms with Gasteiger partial charge >= 0.3 is 0 Å². The number of hydrogen-bond acceptors (Lipinski definition) is 3. The first-order valence-electron chi connectivity index (χ1n) is 6.48. The van der Waals surface area contributed by atoms with Gasteiger partial charge in [-0.25, -0.2) is 9.37 Å². The summed E-state index contributed by atoms with van der Waals surface area (Å²) in [7, 11) is 1.73. The molecular weight excluding hydrogens is 337 g/mol. The summed E-state index contributed by atoms with van der Waals surface area (Å²) in [5.74, 6) is -0.253. The van der Waals surface area contributed by atoms with Crippen LogP contribution in [0.25, 0.3) is 0 Å². The third kappa shape index (κ3) is 3.78. The van der Waals surface area contributed by atoms with Gasteiger partial charge in [0.2, 0.25) is 0 Å². The first-order valence-corrected chi connectivity index (χ1v) is 7.28. The van der Waals surface area contributed by atoms with Crippen molar-refractivity contribution in [3.8, 4) is 0 Å². The van der Waals surface area contributed by atoms with Crippen LogP contribution in [0.5, 0.6) is 0 Å². The van der Waals surface area contributed by atoms with Crippen LogP contribution in [0.1, 0.15) is 23.0 Å². The fraction of sp³-hybridized carbons (Fsp3) is 0.200. The summed E-state index contributed by atoms with van der Waals surface area (Å²) >= 11 is 3.18. The topological polar surface area (TPSA) is 54.0 Å². The Balaban J connectivity index is 2.27. The molecule has 0 bridgehead atoms. The second kappa shape index (κ2) is 6.67. The third-order valence-electron chi connectivity index (χ3n) is 2.94. The Morgan fingerprint density at radius 3 is 2.71 bits per heavy atom. The van der Waals surface area contributed by atoms with Gasteiger partial charge in [-0.1, -0.05) is 22.9 Å². The minimum atomic E-state index is -0.490. The van der Waals surface area contributed by atoms with Crippen molar-refractivity contribution in [3.63, 3.8) is 0 Å². The maximum Gasteiger partial charge on any atom is 0.255 e. The number of aryl methyl sites for hydroxylation is 1. The number of anilines is 2. The van der Waals surface area contributed by atoms with Crippen LogP contribution in [0.2, 0.25) is 0 Å². The Hall–Kier alpha value is -1.95. The van der Waals surface area contributed by atoms with Gasteiger partial charge in [-0.2, -0.15) is 0 Å². The molecule has 0 saturated heterocycles. The maximum absolute atomic E-state index is 13.7. The van der Waals surface area contributed by atoms with E-state index in [2.05, 4.69) is 31.5 Å². The quantitative estimate of drug-likeness (QED) is 0.879. The highest BCUT2D eigenvalue weighted by atomic mass is 79.9. The Kier molecular flexibility index (Phi) is 4.90. The number of pyridine rings is 1. The molecule has 0 aliphatic carbocycles. The molecule has 0 radical (unpaired) electrons. The predicted molar refractivity (Wildman–Crippen MR) is 85.2 cm³/mol. The van der Waals surface area contributed by atoms with Crippen LogP contribution in [0, 0.1) is 5.82 Å². The highest BCUT2D eigenvalue weighted by molar-refractivity contribution is 9.10.